The summed E-state index contributed by atoms with van der Waals surface area (Å²) in [6, 6.07) is 2.03. The Morgan fingerprint density at radius 1 is 1.65 bits per heavy atom. The van der Waals surface area contributed by atoms with Gasteiger partial charge in [0, 0.05) is 19.2 Å². The fourth-order valence-electron chi connectivity index (χ4n) is 2.31. The van der Waals surface area contributed by atoms with E-state index in [-0.39, 0.29) is 18.6 Å². The second-order valence-corrected chi connectivity index (χ2v) is 5.58. The maximum Gasteiger partial charge on any atom is 0.265 e. The standard InChI is InChI=1S/C12H16ClNO2S/c13-10-5-8-17-11(10)12(16)14-6-1-3-9(14)4-2-7-15/h5,8-9,15H,1-4,6-7H2. The molecule has 0 aliphatic carbocycles. The number of hydrogen-bond acceptors (Lipinski definition) is 3. The molecular weight excluding hydrogens is 258 g/mol. The van der Waals surface area contributed by atoms with E-state index < -0.39 is 0 Å². The molecule has 1 N–H and O–H groups in total. The van der Waals surface area contributed by atoms with Crippen molar-refractivity contribution in [2.24, 2.45) is 0 Å². The van der Waals surface area contributed by atoms with Gasteiger partial charge in [0.05, 0.1) is 5.02 Å². The summed E-state index contributed by atoms with van der Waals surface area (Å²) in [5, 5.41) is 11.2. The Morgan fingerprint density at radius 3 is 3.12 bits per heavy atom. The summed E-state index contributed by atoms with van der Waals surface area (Å²) >= 11 is 7.39. The molecule has 0 saturated carbocycles. The molecular formula is C12H16ClNO2S. The Labute approximate surface area is 110 Å². The second-order valence-electron chi connectivity index (χ2n) is 4.26. The van der Waals surface area contributed by atoms with Crippen LogP contribution in [0.3, 0.4) is 0 Å². The number of likely N-dealkylation sites (tertiary alicyclic amines) is 1. The summed E-state index contributed by atoms with van der Waals surface area (Å²) in [4.78, 5) is 14.8. The Hall–Kier alpha value is -0.580. The summed E-state index contributed by atoms with van der Waals surface area (Å²) in [5.74, 6) is 0.0467. The van der Waals surface area contributed by atoms with Gasteiger partial charge in [0.2, 0.25) is 0 Å². The normalized spacial score (nSPS) is 19.9. The van der Waals surface area contributed by atoms with Crippen LogP contribution in [-0.2, 0) is 0 Å². The zero-order valence-corrected chi connectivity index (χ0v) is 11.1. The van der Waals surface area contributed by atoms with E-state index in [1.54, 1.807) is 6.07 Å². The average molecular weight is 274 g/mol. The number of aliphatic hydroxyl groups excluding tert-OH is 1. The highest BCUT2D eigenvalue weighted by atomic mass is 35.5. The number of thiophene rings is 1. The molecule has 1 aromatic rings. The van der Waals surface area contributed by atoms with Gasteiger partial charge in [-0.2, -0.15) is 0 Å². The molecule has 1 aliphatic heterocycles. The molecule has 17 heavy (non-hydrogen) atoms. The lowest BCUT2D eigenvalue weighted by atomic mass is 10.1. The summed E-state index contributed by atoms with van der Waals surface area (Å²) < 4.78 is 0. The van der Waals surface area contributed by atoms with Gasteiger partial charge in [0.15, 0.2) is 0 Å². The van der Waals surface area contributed by atoms with Crippen molar-refractivity contribution in [2.45, 2.75) is 31.7 Å². The Balaban J connectivity index is 2.06. The van der Waals surface area contributed by atoms with Crippen molar-refractivity contribution in [1.29, 1.82) is 0 Å². The smallest absolute Gasteiger partial charge is 0.265 e. The molecule has 1 amide bonds. The molecule has 2 heterocycles. The van der Waals surface area contributed by atoms with Gasteiger partial charge in [-0.05, 0) is 37.1 Å². The molecule has 1 fully saturated rings. The van der Waals surface area contributed by atoms with Gasteiger partial charge < -0.3 is 10.0 Å². The topological polar surface area (TPSA) is 40.5 Å². The largest absolute Gasteiger partial charge is 0.396 e. The minimum atomic E-state index is 0.0467. The van der Waals surface area contributed by atoms with Crippen LogP contribution >= 0.6 is 22.9 Å². The van der Waals surface area contributed by atoms with E-state index in [0.717, 1.165) is 32.2 Å². The fraction of sp³-hybridized carbons (Fsp3) is 0.583. The zero-order chi connectivity index (χ0) is 12.3. The van der Waals surface area contributed by atoms with Gasteiger partial charge >= 0.3 is 0 Å². The second kappa shape index (κ2) is 5.85. The van der Waals surface area contributed by atoms with Gasteiger partial charge in [-0.15, -0.1) is 11.3 Å². The van der Waals surface area contributed by atoms with Crippen LogP contribution in [0.1, 0.15) is 35.4 Å². The quantitative estimate of drug-likeness (QED) is 0.916. The summed E-state index contributed by atoms with van der Waals surface area (Å²) in [7, 11) is 0. The Morgan fingerprint density at radius 2 is 2.47 bits per heavy atom. The van der Waals surface area contributed by atoms with Crippen LogP contribution in [0, 0.1) is 0 Å². The lowest BCUT2D eigenvalue weighted by molar-refractivity contribution is 0.0729. The number of carbonyl (C=O) groups excluding carboxylic acids is 1. The number of nitrogens with zero attached hydrogens (tertiary/aromatic N) is 1. The molecule has 1 aromatic heterocycles. The van der Waals surface area contributed by atoms with Crippen molar-refractivity contribution in [3.8, 4) is 0 Å². The van der Waals surface area contributed by atoms with E-state index in [9.17, 15) is 4.79 Å². The van der Waals surface area contributed by atoms with Crippen LogP contribution in [0.2, 0.25) is 5.02 Å². The number of amides is 1. The average Bonchev–Trinajstić information content (AvgIpc) is 2.94. The molecule has 5 heteroatoms. The van der Waals surface area contributed by atoms with Crippen LogP contribution in [0.5, 0.6) is 0 Å². The molecule has 2 rings (SSSR count). The van der Waals surface area contributed by atoms with Crippen LogP contribution in [0.25, 0.3) is 0 Å². The van der Waals surface area contributed by atoms with Gasteiger partial charge in [-0.3, -0.25) is 4.79 Å². The van der Waals surface area contributed by atoms with Crippen molar-refractivity contribution < 1.29 is 9.90 Å². The number of rotatable bonds is 4. The van der Waals surface area contributed by atoms with Gasteiger partial charge in [0.25, 0.3) is 5.91 Å². The van der Waals surface area contributed by atoms with Crippen LogP contribution in [-0.4, -0.2) is 35.1 Å². The van der Waals surface area contributed by atoms with Gasteiger partial charge in [-0.25, -0.2) is 0 Å². The van der Waals surface area contributed by atoms with Crippen molar-refractivity contribution in [3.63, 3.8) is 0 Å². The first-order valence-electron chi connectivity index (χ1n) is 5.89. The molecule has 94 valence electrons. The van der Waals surface area contributed by atoms with E-state index in [2.05, 4.69) is 0 Å². The highest BCUT2D eigenvalue weighted by Crippen LogP contribution is 2.28. The summed E-state index contributed by atoms with van der Waals surface area (Å²) in [6.07, 6.45) is 3.72. The van der Waals surface area contributed by atoms with E-state index in [4.69, 9.17) is 16.7 Å². The van der Waals surface area contributed by atoms with Crippen molar-refractivity contribution in [2.75, 3.05) is 13.2 Å². The van der Waals surface area contributed by atoms with Crippen molar-refractivity contribution in [1.82, 2.24) is 4.90 Å². The summed E-state index contributed by atoms with van der Waals surface area (Å²) in [6.45, 7) is 1.00. The maximum absolute atomic E-state index is 12.3. The lowest BCUT2D eigenvalue weighted by Crippen LogP contribution is -2.35. The van der Waals surface area contributed by atoms with Crippen LogP contribution in [0.4, 0.5) is 0 Å². The third kappa shape index (κ3) is 2.81. The fourth-order valence-corrected chi connectivity index (χ4v) is 3.40. The molecule has 1 unspecified atom stereocenters. The zero-order valence-electron chi connectivity index (χ0n) is 9.56. The molecule has 0 bridgehead atoms. The first-order valence-corrected chi connectivity index (χ1v) is 7.14. The predicted octanol–water partition coefficient (Wildman–Crippen LogP) is 2.78. The monoisotopic (exact) mass is 273 g/mol. The molecule has 1 atom stereocenters. The Kier molecular flexibility index (Phi) is 4.42. The van der Waals surface area contributed by atoms with Crippen molar-refractivity contribution >= 4 is 28.8 Å². The number of aliphatic hydroxyl groups is 1. The molecule has 1 saturated heterocycles. The maximum atomic E-state index is 12.3. The minimum absolute atomic E-state index is 0.0467. The predicted molar refractivity (Wildman–Crippen MR) is 69.7 cm³/mol. The number of carbonyl (C=O) groups is 1. The first-order chi connectivity index (χ1) is 8.24. The summed E-state index contributed by atoms with van der Waals surface area (Å²) in [5.41, 5.74) is 0. The van der Waals surface area contributed by atoms with Crippen molar-refractivity contribution in [3.05, 3.63) is 21.3 Å². The van der Waals surface area contributed by atoms with Gasteiger partial charge in [-0.1, -0.05) is 11.6 Å². The minimum Gasteiger partial charge on any atom is -0.396 e. The van der Waals surface area contributed by atoms with Crippen LogP contribution < -0.4 is 0 Å². The first kappa shape index (κ1) is 12.9. The molecule has 0 spiro atoms. The SMILES string of the molecule is O=C(c1sccc1Cl)N1CCCC1CCCO. The molecule has 0 aromatic carbocycles. The third-order valence-electron chi connectivity index (χ3n) is 3.14. The third-order valence-corrected chi connectivity index (χ3v) is 4.47. The molecule has 0 radical (unpaired) electrons. The highest BCUT2D eigenvalue weighted by Gasteiger charge is 2.30. The van der Waals surface area contributed by atoms with E-state index in [0.29, 0.717) is 9.90 Å². The highest BCUT2D eigenvalue weighted by molar-refractivity contribution is 7.12. The number of halogens is 1. The van der Waals surface area contributed by atoms with Gasteiger partial charge in [0.1, 0.15) is 4.88 Å². The van der Waals surface area contributed by atoms with E-state index in [1.807, 2.05) is 10.3 Å². The lowest BCUT2D eigenvalue weighted by Gasteiger charge is -2.24. The Bertz CT molecular complexity index is 394. The van der Waals surface area contributed by atoms with E-state index >= 15 is 0 Å². The number of hydrogen-bond donors (Lipinski definition) is 1. The molecule has 3 nitrogen and oxygen atoms in total. The molecule has 1 aliphatic rings. The van der Waals surface area contributed by atoms with Crippen LogP contribution in [0.15, 0.2) is 11.4 Å². The van der Waals surface area contributed by atoms with E-state index in [1.165, 1.54) is 11.3 Å².